The van der Waals surface area contributed by atoms with Gasteiger partial charge in [0.1, 0.15) is 18.3 Å². The van der Waals surface area contributed by atoms with E-state index in [2.05, 4.69) is 42.2 Å². The van der Waals surface area contributed by atoms with Crippen LogP contribution in [0.2, 0.25) is 0 Å². The van der Waals surface area contributed by atoms with Gasteiger partial charge in [0, 0.05) is 0 Å². The number of nitrogens with one attached hydrogen (secondary N) is 2. The zero-order chi connectivity index (χ0) is 31.0. The molecule has 2 bridgehead atoms. The molecule has 24 heteroatoms. The molecule has 7 rings (SSSR count). The number of halogens is 2. The standard InChI is InChI=1S/C20H21F2N9O10P2S/c21-9-12-7(39-18(9)30-5-26-10-14(30)24-4-25-16(10)32)2-38-43(35,44)41-20(3-36-8(13(20)22)1-37-42(34)40-12)31-6-27-11-15(31)28-19(23)29-17(11)33/h4-9,12-13,18,42H,1-3H2,(H,35,44)(H,24,25,32)(H3,23,28,29,33)/t7-,8-,9+,12-,13+,18-,20+,43-/m1/s1. The maximum atomic E-state index is 16.2. The summed E-state index contributed by atoms with van der Waals surface area (Å²) in [5, 5.41) is 0. The predicted octanol–water partition coefficient (Wildman–Crippen LogP) is 0.336. The van der Waals surface area contributed by atoms with Crippen LogP contribution in [-0.2, 0) is 42.4 Å². The Morgan fingerprint density at radius 3 is 2.70 bits per heavy atom. The molecule has 3 fully saturated rings. The van der Waals surface area contributed by atoms with Crippen molar-refractivity contribution < 1.29 is 45.5 Å². The molecule has 0 spiro atoms. The molecule has 0 aromatic carbocycles. The van der Waals surface area contributed by atoms with Gasteiger partial charge >= 0.3 is 15.1 Å². The quantitative estimate of drug-likeness (QED) is 0.165. The molecule has 0 aliphatic carbocycles. The van der Waals surface area contributed by atoms with Crippen LogP contribution in [0.3, 0.4) is 0 Å². The predicted molar refractivity (Wildman–Crippen MR) is 146 cm³/mol. The summed E-state index contributed by atoms with van der Waals surface area (Å²) in [6.45, 7) is -6.67. The highest BCUT2D eigenvalue weighted by Gasteiger charge is 2.58. The summed E-state index contributed by atoms with van der Waals surface area (Å²) in [5.41, 5.74) is 1.40. The highest BCUT2D eigenvalue weighted by molar-refractivity contribution is 8.44. The van der Waals surface area contributed by atoms with Crippen LogP contribution in [0, 0.1) is 0 Å². The molecule has 4 N–H and O–H groups in total. The summed E-state index contributed by atoms with van der Waals surface area (Å²) >= 11 is 4.01. The Labute approximate surface area is 248 Å². The number of ether oxygens (including phenoxy) is 2. The molecule has 0 saturated carbocycles. The van der Waals surface area contributed by atoms with Gasteiger partial charge in [0.25, 0.3) is 11.1 Å². The first kappa shape index (κ1) is 29.6. The molecule has 1 unspecified atom stereocenters. The van der Waals surface area contributed by atoms with Crippen molar-refractivity contribution >= 4 is 55.6 Å². The van der Waals surface area contributed by atoms with Crippen LogP contribution >= 0.6 is 27.3 Å². The van der Waals surface area contributed by atoms with Gasteiger partial charge in [0.05, 0.1) is 38.8 Å². The molecule has 3 saturated heterocycles. The topological polar surface area (TPSA) is 243 Å². The Morgan fingerprint density at radius 2 is 1.89 bits per heavy atom. The van der Waals surface area contributed by atoms with E-state index in [-0.39, 0.29) is 28.3 Å². The minimum Gasteiger partial charge on any atom is -0.369 e. The first-order chi connectivity index (χ1) is 21.0. The lowest BCUT2D eigenvalue weighted by Gasteiger charge is -2.33. The van der Waals surface area contributed by atoms with Crippen LogP contribution < -0.4 is 16.9 Å². The molecule has 0 radical (unpaired) electrons. The number of aromatic amines is 2. The first-order valence-electron chi connectivity index (χ1n) is 12.7. The zero-order valence-electron chi connectivity index (χ0n) is 21.8. The highest BCUT2D eigenvalue weighted by atomic mass is 32.7. The van der Waals surface area contributed by atoms with Crippen LogP contribution in [0.15, 0.2) is 28.6 Å². The number of imidazole rings is 2. The third kappa shape index (κ3) is 4.81. The van der Waals surface area contributed by atoms with Gasteiger partial charge < -0.3 is 29.2 Å². The number of rotatable bonds is 2. The minimum absolute atomic E-state index is 0.0199. The maximum Gasteiger partial charge on any atom is 0.388 e. The molecule has 9 atom stereocenters. The fourth-order valence-electron chi connectivity index (χ4n) is 5.27. The van der Waals surface area contributed by atoms with Gasteiger partial charge in [-0.3, -0.25) is 37.3 Å². The normalized spacial score (nSPS) is 36.6. The molecular formula is C20H21F2N9O10P2S. The molecule has 7 heterocycles. The molecule has 44 heavy (non-hydrogen) atoms. The smallest absolute Gasteiger partial charge is 0.369 e. The number of hydrogen-bond donors (Lipinski definition) is 4. The lowest BCUT2D eigenvalue weighted by atomic mass is 10.1. The number of aromatic nitrogens is 8. The average molecular weight is 679 g/mol. The summed E-state index contributed by atoms with van der Waals surface area (Å²) < 4.78 is 93.6. The number of fused-ring (bicyclic) bond motifs is 5. The summed E-state index contributed by atoms with van der Waals surface area (Å²) in [4.78, 5) is 45.0. The van der Waals surface area contributed by atoms with Crippen molar-refractivity contribution in [3.05, 3.63) is 39.7 Å². The van der Waals surface area contributed by atoms with E-state index >= 15 is 8.78 Å². The van der Waals surface area contributed by atoms with Gasteiger partial charge in [-0.2, -0.15) is 4.98 Å². The summed E-state index contributed by atoms with van der Waals surface area (Å²) in [7, 11) is -3.54. The molecular weight excluding hydrogens is 658 g/mol. The molecule has 4 aromatic rings. The summed E-state index contributed by atoms with van der Waals surface area (Å²) in [5.74, 6) is -0.328. The van der Waals surface area contributed by atoms with Crippen LogP contribution in [-0.4, -0.2) is 89.5 Å². The van der Waals surface area contributed by atoms with Crippen LogP contribution in [0.5, 0.6) is 0 Å². The fourth-order valence-corrected chi connectivity index (χ4v) is 7.80. The van der Waals surface area contributed by atoms with E-state index in [1.54, 1.807) is 0 Å². The number of hydrogen-bond acceptors (Lipinski definition) is 15. The van der Waals surface area contributed by atoms with E-state index in [0.29, 0.717) is 0 Å². The number of nitrogens with two attached hydrogens (primary N) is 1. The number of alkyl halides is 2. The van der Waals surface area contributed by atoms with Gasteiger partial charge in [-0.25, -0.2) is 28.3 Å². The number of nitrogen functional groups attached to an aromatic ring is 1. The monoisotopic (exact) mass is 679 g/mol. The first-order valence-corrected chi connectivity index (χ1v) is 16.6. The Balaban J connectivity index is 1.24. The van der Waals surface area contributed by atoms with Crippen molar-refractivity contribution in [1.82, 2.24) is 39.0 Å². The molecule has 3 aliphatic rings. The number of nitrogens with zero attached hydrogens (tertiary/aromatic N) is 6. The summed E-state index contributed by atoms with van der Waals surface area (Å²) in [6, 6.07) is 0. The van der Waals surface area contributed by atoms with Crippen molar-refractivity contribution in [1.29, 1.82) is 0 Å². The molecule has 3 aliphatic heterocycles. The van der Waals surface area contributed by atoms with Crippen LogP contribution in [0.25, 0.3) is 22.3 Å². The van der Waals surface area contributed by atoms with Gasteiger partial charge in [-0.05, 0) is 0 Å². The Kier molecular flexibility index (Phi) is 7.26. The molecule has 236 valence electrons. The van der Waals surface area contributed by atoms with E-state index in [0.717, 1.165) is 28.1 Å². The van der Waals surface area contributed by atoms with Gasteiger partial charge in [-0.1, -0.05) is 12.2 Å². The Bertz CT molecular complexity index is 1960. The van der Waals surface area contributed by atoms with E-state index in [1.165, 1.54) is 0 Å². The van der Waals surface area contributed by atoms with E-state index in [4.69, 9.17) is 33.3 Å². The SMILES string of the molecule is Nc1nc2c(ncn2[C@@]23CO[C@H](CO[PH](=O)O[C@H]4[C@H](F)[C@H](n5cnc6c(=O)[nH]cnc65)O[C@@H]4CO[P@@](=O)(S)O2)[C@@H]3F)c(=O)[nH]1. The van der Waals surface area contributed by atoms with Crippen molar-refractivity contribution in [3.63, 3.8) is 0 Å². The lowest BCUT2D eigenvalue weighted by Crippen LogP contribution is -2.46. The summed E-state index contributed by atoms with van der Waals surface area (Å²) in [6.07, 6.45) is -7.12. The van der Waals surface area contributed by atoms with Gasteiger partial charge in [-0.15, -0.1) is 0 Å². The van der Waals surface area contributed by atoms with E-state index in [1.807, 2.05) is 0 Å². The second-order valence-electron chi connectivity index (χ2n) is 9.90. The largest absolute Gasteiger partial charge is 0.388 e. The third-order valence-electron chi connectivity index (χ3n) is 7.27. The number of anilines is 1. The van der Waals surface area contributed by atoms with E-state index in [9.17, 15) is 18.7 Å². The van der Waals surface area contributed by atoms with Gasteiger partial charge in [0.2, 0.25) is 11.7 Å². The minimum atomic E-state index is -4.62. The Hall–Kier alpha value is -3.07. The molecule has 4 aromatic heterocycles. The van der Waals surface area contributed by atoms with Crippen molar-refractivity contribution in [2.45, 2.75) is 42.6 Å². The van der Waals surface area contributed by atoms with Gasteiger partial charge in [0.15, 0.2) is 40.9 Å². The van der Waals surface area contributed by atoms with Crippen LogP contribution in [0.1, 0.15) is 6.23 Å². The fraction of sp³-hybridized carbons (Fsp3) is 0.500. The van der Waals surface area contributed by atoms with Crippen LogP contribution in [0.4, 0.5) is 14.7 Å². The van der Waals surface area contributed by atoms with E-state index < -0.39 is 88.6 Å². The highest BCUT2D eigenvalue weighted by Crippen LogP contribution is 2.60. The average Bonchev–Trinajstić information content (AvgIpc) is 3.73. The zero-order valence-corrected chi connectivity index (χ0v) is 24.6. The second-order valence-corrected chi connectivity index (χ2v) is 13.8. The Morgan fingerprint density at radius 1 is 1.11 bits per heavy atom. The molecule has 0 amide bonds. The maximum absolute atomic E-state index is 16.2. The second kappa shape index (κ2) is 10.8. The van der Waals surface area contributed by atoms with Crippen molar-refractivity contribution in [3.8, 4) is 0 Å². The third-order valence-corrected chi connectivity index (χ3v) is 9.75. The van der Waals surface area contributed by atoms with Crippen molar-refractivity contribution in [2.75, 3.05) is 25.6 Å². The molecule has 19 nitrogen and oxygen atoms in total. The van der Waals surface area contributed by atoms with Crippen molar-refractivity contribution in [2.24, 2.45) is 0 Å². The number of thiol groups is 1. The lowest BCUT2D eigenvalue weighted by molar-refractivity contribution is -0.0702. The number of H-pyrrole nitrogens is 2.